The molecule has 2 aromatic carbocycles. The van der Waals surface area contributed by atoms with Gasteiger partial charge in [-0.2, -0.15) is 0 Å². The topological polar surface area (TPSA) is 44.5 Å². The predicted molar refractivity (Wildman–Crippen MR) is 81.1 cm³/mol. The summed E-state index contributed by atoms with van der Waals surface area (Å²) in [5.41, 5.74) is 8.37. The fraction of sp³-hybridized carbons (Fsp3) is 0.294. The highest BCUT2D eigenvalue weighted by Crippen LogP contribution is 2.24. The van der Waals surface area contributed by atoms with Crippen LogP contribution in [0.3, 0.4) is 0 Å². The van der Waals surface area contributed by atoms with Crippen LogP contribution in [-0.2, 0) is 6.61 Å². The molecule has 0 radical (unpaired) electrons. The van der Waals surface area contributed by atoms with Gasteiger partial charge in [0.2, 0.25) is 0 Å². The number of rotatable bonds is 5. The van der Waals surface area contributed by atoms with Gasteiger partial charge in [-0.05, 0) is 43.2 Å². The quantitative estimate of drug-likeness (QED) is 0.912. The van der Waals surface area contributed by atoms with Crippen molar-refractivity contribution in [2.75, 3.05) is 7.11 Å². The summed E-state index contributed by atoms with van der Waals surface area (Å²) in [4.78, 5) is 0. The highest BCUT2D eigenvalue weighted by Gasteiger charge is 2.08. The number of ether oxygens (including phenoxy) is 2. The van der Waals surface area contributed by atoms with Gasteiger partial charge in [-0.25, -0.2) is 4.39 Å². The second-order valence-electron chi connectivity index (χ2n) is 5.06. The van der Waals surface area contributed by atoms with Crippen LogP contribution in [0, 0.1) is 12.7 Å². The van der Waals surface area contributed by atoms with E-state index in [9.17, 15) is 4.39 Å². The van der Waals surface area contributed by atoms with Crippen LogP contribution >= 0.6 is 0 Å². The molecule has 0 aliphatic heterocycles. The molecule has 0 fully saturated rings. The SMILES string of the molecule is COc1ccc(COc2ccc([C@H](C)N)cc2C)c(F)c1. The molecule has 0 saturated carbocycles. The summed E-state index contributed by atoms with van der Waals surface area (Å²) in [6.45, 7) is 4.06. The lowest BCUT2D eigenvalue weighted by molar-refractivity contribution is 0.297. The summed E-state index contributed by atoms with van der Waals surface area (Å²) < 4.78 is 24.5. The lowest BCUT2D eigenvalue weighted by atomic mass is 10.1. The molecule has 0 aliphatic rings. The summed E-state index contributed by atoms with van der Waals surface area (Å²) in [7, 11) is 1.51. The van der Waals surface area contributed by atoms with Crippen molar-refractivity contribution in [1.29, 1.82) is 0 Å². The van der Waals surface area contributed by atoms with Gasteiger partial charge < -0.3 is 15.2 Å². The molecule has 2 rings (SSSR count). The first kappa shape index (κ1) is 15.3. The molecule has 0 spiro atoms. The molecule has 0 heterocycles. The zero-order chi connectivity index (χ0) is 15.4. The van der Waals surface area contributed by atoms with E-state index in [1.54, 1.807) is 12.1 Å². The fourth-order valence-corrected chi connectivity index (χ4v) is 2.05. The fourth-order valence-electron chi connectivity index (χ4n) is 2.05. The van der Waals surface area contributed by atoms with Gasteiger partial charge in [-0.3, -0.25) is 0 Å². The van der Waals surface area contributed by atoms with Crippen molar-refractivity contribution in [2.24, 2.45) is 5.73 Å². The third-order valence-corrected chi connectivity index (χ3v) is 3.37. The molecule has 0 aromatic heterocycles. The van der Waals surface area contributed by atoms with E-state index in [4.69, 9.17) is 15.2 Å². The third-order valence-electron chi connectivity index (χ3n) is 3.37. The largest absolute Gasteiger partial charge is 0.497 e. The normalized spacial score (nSPS) is 12.0. The van der Waals surface area contributed by atoms with Gasteiger partial charge in [0.25, 0.3) is 0 Å². The lowest BCUT2D eigenvalue weighted by Crippen LogP contribution is -2.06. The van der Waals surface area contributed by atoms with Crippen molar-refractivity contribution < 1.29 is 13.9 Å². The smallest absolute Gasteiger partial charge is 0.133 e. The maximum absolute atomic E-state index is 13.8. The number of nitrogens with two attached hydrogens (primary N) is 1. The molecule has 4 heteroatoms. The second kappa shape index (κ2) is 6.59. The molecule has 2 aromatic rings. The molecule has 0 aliphatic carbocycles. The standard InChI is InChI=1S/C17H20FNO2/c1-11-8-13(12(2)19)5-7-17(11)21-10-14-4-6-15(20-3)9-16(14)18/h4-9,12H,10,19H2,1-3H3/t12-/m0/s1. The van der Waals surface area contributed by atoms with Crippen LogP contribution in [0.4, 0.5) is 4.39 Å². The van der Waals surface area contributed by atoms with Crippen LogP contribution in [-0.4, -0.2) is 7.11 Å². The molecule has 2 N–H and O–H groups in total. The Kier molecular flexibility index (Phi) is 4.81. The van der Waals surface area contributed by atoms with Crippen LogP contribution in [0.25, 0.3) is 0 Å². The summed E-state index contributed by atoms with van der Waals surface area (Å²) in [6.07, 6.45) is 0. The first-order valence-corrected chi connectivity index (χ1v) is 6.82. The molecular weight excluding hydrogens is 269 g/mol. The average molecular weight is 289 g/mol. The second-order valence-corrected chi connectivity index (χ2v) is 5.06. The maximum atomic E-state index is 13.8. The highest BCUT2D eigenvalue weighted by atomic mass is 19.1. The molecule has 1 atom stereocenters. The molecule has 0 saturated heterocycles. The minimum absolute atomic E-state index is 0.0169. The average Bonchev–Trinajstić information content (AvgIpc) is 2.46. The Morgan fingerprint density at radius 2 is 1.95 bits per heavy atom. The molecule has 0 amide bonds. The van der Waals surface area contributed by atoms with E-state index < -0.39 is 0 Å². The van der Waals surface area contributed by atoms with E-state index in [0.29, 0.717) is 11.3 Å². The van der Waals surface area contributed by atoms with Crippen LogP contribution in [0.1, 0.15) is 29.7 Å². The predicted octanol–water partition coefficient (Wildman–Crippen LogP) is 3.74. The zero-order valence-electron chi connectivity index (χ0n) is 12.5. The van der Waals surface area contributed by atoms with Crippen LogP contribution in [0.15, 0.2) is 36.4 Å². The minimum Gasteiger partial charge on any atom is -0.497 e. The Bertz CT molecular complexity index is 626. The van der Waals surface area contributed by atoms with E-state index in [1.807, 2.05) is 32.0 Å². The Hall–Kier alpha value is -2.07. The van der Waals surface area contributed by atoms with Crippen molar-refractivity contribution in [3.63, 3.8) is 0 Å². The van der Waals surface area contributed by atoms with Gasteiger partial charge in [-0.1, -0.05) is 12.1 Å². The number of methoxy groups -OCH3 is 1. The maximum Gasteiger partial charge on any atom is 0.133 e. The highest BCUT2D eigenvalue weighted by molar-refractivity contribution is 5.37. The zero-order valence-corrected chi connectivity index (χ0v) is 12.5. The third kappa shape index (κ3) is 3.73. The Morgan fingerprint density at radius 1 is 1.19 bits per heavy atom. The van der Waals surface area contributed by atoms with Gasteiger partial charge in [0.05, 0.1) is 7.11 Å². The van der Waals surface area contributed by atoms with E-state index in [2.05, 4.69) is 0 Å². The minimum atomic E-state index is -0.334. The molecule has 112 valence electrons. The van der Waals surface area contributed by atoms with Crippen LogP contribution < -0.4 is 15.2 Å². The Labute approximate surface area is 124 Å². The van der Waals surface area contributed by atoms with E-state index in [-0.39, 0.29) is 18.5 Å². The van der Waals surface area contributed by atoms with Crippen molar-refractivity contribution in [3.05, 3.63) is 58.9 Å². The molecule has 3 nitrogen and oxygen atoms in total. The number of halogens is 1. The monoisotopic (exact) mass is 289 g/mol. The molecular formula is C17H20FNO2. The Morgan fingerprint density at radius 3 is 2.52 bits per heavy atom. The van der Waals surface area contributed by atoms with Gasteiger partial charge in [0.15, 0.2) is 0 Å². The van der Waals surface area contributed by atoms with Gasteiger partial charge in [0.1, 0.15) is 23.9 Å². The number of hydrogen-bond donors (Lipinski definition) is 1. The van der Waals surface area contributed by atoms with Crippen molar-refractivity contribution in [2.45, 2.75) is 26.5 Å². The van der Waals surface area contributed by atoms with E-state index in [1.165, 1.54) is 13.2 Å². The van der Waals surface area contributed by atoms with Gasteiger partial charge in [-0.15, -0.1) is 0 Å². The van der Waals surface area contributed by atoms with E-state index >= 15 is 0 Å². The summed E-state index contributed by atoms with van der Waals surface area (Å²) in [5, 5.41) is 0. The number of benzene rings is 2. The molecule has 21 heavy (non-hydrogen) atoms. The van der Waals surface area contributed by atoms with Crippen molar-refractivity contribution in [3.8, 4) is 11.5 Å². The Balaban J connectivity index is 2.09. The first-order chi connectivity index (χ1) is 10.0. The van der Waals surface area contributed by atoms with Crippen LogP contribution in [0.2, 0.25) is 0 Å². The van der Waals surface area contributed by atoms with Gasteiger partial charge >= 0.3 is 0 Å². The lowest BCUT2D eigenvalue weighted by Gasteiger charge is -2.13. The van der Waals surface area contributed by atoms with Crippen molar-refractivity contribution in [1.82, 2.24) is 0 Å². The van der Waals surface area contributed by atoms with Gasteiger partial charge in [0, 0.05) is 17.7 Å². The number of hydrogen-bond acceptors (Lipinski definition) is 3. The summed E-state index contributed by atoms with van der Waals surface area (Å²) >= 11 is 0. The molecule has 0 unspecified atom stereocenters. The molecule has 0 bridgehead atoms. The van der Waals surface area contributed by atoms with E-state index in [0.717, 1.165) is 16.9 Å². The summed E-state index contributed by atoms with van der Waals surface area (Å²) in [6, 6.07) is 10.5. The summed E-state index contributed by atoms with van der Waals surface area (Å²) in [5.74, 6) is 0.891. The number of aryl methyl sites for hydroxylation is 1. The van der Waals surface area contributed by atoms with Crippen LogP contribution in [0.5, 0.6) is 11.5 Å². The van der Waals surface area contributed by atoms with Crippen molar-refractivity contribution >= 4 is 0 Å². The first-order valence-electron chi connectivity index (χ1n) is 6.82.